The number of ketones is 1. The first kappa shape index (κ1) is 23.2. The molecule has 0 amide bonds. The Hall–Kier alpha value is -5.21. The molecular formula is C33H24N4O. The Bertz CT molecular complexity index is 1780. The van der Waals surface area contributed by atoms with E-state index in [0.717, 1.165) is 33.2 Å². The summed E-state index contributed by atoms with van der Waals surface area (Å²) in [6, 6.07) is 31.5. The second-order valence-electron chi connectivity index (χ2n) is 9.27. The van der Waals surface area contributed by atoms with Gasteiger partial charge in [-0.05, 0) is 21.9 Å². The first-order valence-corrected chi connectivity index (χ1v) is 12.4. The maximum absolute atomic E-state index is 13.7. The van der Waals surface area contributed by atoms with Crippen molar-refractivity contribution in [3.8, 4) is 11.1 Å². The SMILES string of the molecule is [C-]#[N+]c1ccc(Cn2cncc2Cn2cc(C(=O)c3ccccc3)c(-c3cccc4ccccc34)c2)cc1. The number of hydrogen-bond acceptors (Lipinski definition) is 2. The van der Waals surface area contributed by atoms with Crippen molar-refractivity contribution < 1.29 is 4.79 Å². The largest absolute Gasteiger partial charge is 0.347 e. The molecule has 0 unspecified atom stereocenters. The highest BCUT2D eigenvalue weighted by molar-refractivity contribution is 6.14. The Morgan fingerprint density at radius 1 is 0.789 bits per heavy atom. The molecule has 38 heavy (non-hydrogen) atoms. The third-order valence-electron chi connectivity index (χ3n) is 6.80. The lowest BCUT2D eigenvalue weighted by atomic mass is 9.94. The van der Waals surface area contributed by atoms with Gasteiger partial charge in [-0.25, -0.2) is 9.83 Å². The first-order chi connectivity index (χ1) is 18.7. The Labute approximate surface area is 221 Å². The maximum Gasteiger partial charge on any atom is 0.195 e. The minimum Gasteiger partial charge on any atom is -0.347 e. The lowest BCUT2D eigenvalue weighted by Gasteiger charge is -2.09. The van der Waals surface area contributed by atoms with E-state index in [1.807, 2.05) is 91.5 Å². The highest BCUT2D eigenvalue weighted by Crippen LogP contribution is 2.33. The van der Waals surface area contributed by atoms with Gasteiger partial charge in [0.25, 0.3) is 0 Å². The van der Waals surface area contributed by atoms with E-state index in [4.69, 9.17) is 6.57 Å². The van der Waals surface area contributed by atoms with Crippen LogP contribution in [0.15, 0.2) is 122 Å². The number of hydrogen-bond donors (Lipinski definition) is 0. The molecular weight excluding hydrogens is 468 g/mol. The third kappa shape index (κ3) is 4.52. The second kappa shape index (κ2) is 10.0. The normalized spacial score (nSPS) is 10.9. The van der Waals surface area contributed by atoms with E-state index in [1.165, 1.54) is 0 Å². The molecule has 5 nitrogen and oxygen atoms in total. The van der Waals surface area contributed by atoms with Crippen molar-refractivity contribution in [2.45, 2.75) is 13.1 Å². The minimum absolute atomic E-state index is 0.000638. The molecule has 0 spiro atoms. The number of benzene rings is 4. The molecule has 0 aliphatic heterocycles. The monoisotopic (exact) mass is 492 g/mol. The van der Waals surface area contributed by atoms with Crippen molar-refractivity contribution in [2.24, 2.45) is 0 Å². The Morgan fingerprint density at radius 3 is 2.37 bits per heavy atom. The zero-order chi connectivity index (χ0) is 25.9. The van der Waals surface area contributed by atoms with E-state index in [0.29, 0.717) is 29.9 Å². The van der Waals surface area contributed by atoms with Crippen molar-refractivity contribution in [3.63, 3.8) is 0 Å². The van der Waals surface area contributed by atoms with Gasteiger partial charge in [-0.2, -0.15) is 0 Å². The second-order valence-corrected chi connectivity index (χ2v) is 9.27. The van der Waals surface area contributed by atoms with Gasteiger partial charge in [0.05, 0.1) is 25.1 Å². The molecule has 5 heteroatoms. The summed E-state index contributed by atoms with van der Waals surface area (Å²) >= 11 is 0. The van der Waals surface area contributed by atoms with Crippen molar-refractivity contribution in [1.29, 1.82) is 0 Å². The van der Waals surface area contributed by atoms with Crippen LogP contribution in [0.25, 0.3) is 26.7 Å². The Morgan fingerprint density at radius 2 is 1.55 bits per heavy atom. The maximum atomic E-state index is 13.7. The van der Waals surface area contributed by atoms with E-state index in [2.05, 4.69) is 49.4 Å². The highest BCUT2D eigenvalue weighted by Gasteiger charge is 2.19. The van der Waals surface area contributed by atoms with Crippen LogP contribution in [-0.2, 0) is 13.1 Å². The van der Waals surface area contributed by atoms with Crippen LogP contribution in [0.2, 0.25) is 0 Å². The zero-order valence-electron chi connectivity index (χ0n) is 20.7. The molecule has 0 N–H and O–H groups in total. The van der Waals surface area contributed by atoms with Crippen LogP contribution >= 0.6 is 0 Å². The molecule has 0 fully saturated rings. The van der Waals surface area contributed by atoms with Gasteiger partial charge in [-0.15, -0.1) is 0 Å². The Kier molecular flexibility index (Phi) is 6.13. The van der Waals surface area contributed by atoms with Crippen LogP contribution in [0.1, 0.15) is 27.2 Å². The van der Waals surface area contributed by atoms with Crippen LogP contribution in [0.3, 0.4) is 0 Å². The van der Waals surface area contributed by atoms with Gasteiger partial charge in [0.2, 0.25) is 0 Å². The molecule has 0 bridgehead atoms. The molecule has 0 radical (unpaired) electrons. The molecule has 2 heterocycles. The lowest BCUT2D eigenvalue weighted by molar-refractivity contribution is 0.103. The van der Waals surface area contributed by atoms with Gasteiger partial charge in [0, 0.05) is 41.8 Å². The van der Waals surface area contributed by atoms with Crippen molar-refractivity contribution in [3.05, 3.63) is 156 Å². The van der Waals surface area contributed by atoms with E-state index >= 15 is 0 Å². The fraction of sp³-hybridized carbons (Fsp3) is 0.0606. The number of fused-ring (bicyclic) bond motifs is 1. The lowest BCUT2D eigenvalue weighted by Crippen LogP contribution is -2.07. The van der Waals surface area contributed by atoms with Crippen molar-refractivity contribution in [1.82, 2.24) is 14.1 Å². The van der Waals surface area contributed by atoms with E-state index < -0.39 is 0 Å². The van der Waals surface area contributed by atoms with Gasteiger partial charge < -0.3 is 9.13 Å². The summed E-state index contributed by atoms with van der Waals surface area (Å²) in [7, 11) is 0. The van der Waals surface area contributed by atoms with E-state index in [9.17, 15) is 4.79 Å². The molecule has 6 aromatic rings. The molecule has 4 aromatic carbocycles. The average molecular weight is 493 g/mol. The molecule has 6 rings (SSSR count). The van der Waals surface area contributed by atoms with Crippen molar-refractivity contribution >= 4 is 22.2 Å². The van der Waals surface area contributed by atoms with Crippen molar-refractivity contribution in [2.75, 3.05) is 0 Å². The van der Waals surface area contributed by atoms with Crippen LogP contribution in [0.5, 0.6) is 0 Å². The summed E-state index contributed by atoms with van der Waals surface area (Å²) in [5.74, 6) is 0.000638. The van der Waals surface area contributed by atoms with Crippen LogP contribution in [0.4, 0.5) is 5.69 Å². The third-order valence-corrected chi connectivity index (χ3v) is 6.80. The fourth-order valence-electron chi connectivity index (χ4n) is 4.88. The molecule has 0 atom stereocenters. The quantitative estimate of drug-likeness (QED) is 0.172. The van der Waals surface area contributed by atoms with Crippen LogP contribution in [0, 0.1) is 6.57 Å². The average Bonchev–Trinajstić information content (AvgIpc) is 3.60. The van der Waals surface area contributed by atoms with Gasteiger partial charge >= 0.3 is 0 Å². The van der Waals surface area contributed by atoms with Gasteiger partial charge in [0.15, 0.2) is 11.5 Å². The van der Waals surface area contributed by atoms with Gasteiger partial charge in [-0.1, -0.05) is 97.1 Å². The fourth-order valence-corrected chi connectivity index (χ4v) is 4.88. The standard InChI is InChI=1S/C33H24N4O/c1-34-27-16-14-24(15-17-27)19-37-23-35-18-28(37)20-36-21-31(30-13-7-11-25-8-5-6-12-29(25)30)32(22-36)33(38)26-9-3-2-4-10-26/h2-18,21-23H,19-20H2. The van der Waals surface area contributed by atoms with E-state index in [1.54, 1.807) is 0 Å². The minimum atomic E-state index is 0.000638. The summed E-state index contributed by atoms with van der Waals surface area (Å²) in [5, 5.41) is 2.25. The van der Waals surface area contributed by atoms with E-state index in [-0.39, 0.29) is 5.78 Å². The number of nitrogens with zero attached hydrogens (tertiary/aromatic N) is 4. The van der Waals surface area contributed by atoms with Gasteiger partial charge in [0.1, 0.15) is 0 Å². The molecule has 2 aromatic heterocycles. The van der Waals surface area contributed by atoms with Crippen LogP contribution in [-0.4, -0.2) is 19.9 Å². The first-order valence-electron chi connectivity index (χ1n) is 12.4. The highest BCUT2D eigenvalue weighted by atomic mass is 16.1. The Balaban J connectivity index is 1.39. The number of imidazole rings is 1. The zero-order valence-corrected chi connectivity index (χ0v) is 20.7. The predicted molar refractivity (Wildman–Crippen MR) is 150 cm³/mol. The number of rotatable bonds is 7. The molecule has 0 aliphatic rings. The molecule has 182 valence electrons. The summed E-state index contributed by atoms with van der Waals surface area (Å²) in [5.41, 5.74) is 6.04. The predicted octanol–water partition coefficient (Wildman–Crippen LogP) is 7.38. The summed E-state index contributed by atoms with van der Waals surface area (Å²) in [4.78, 5) is 21.6. The summed E-state index contributed by atoms with van der Waals surface area (Å²) in [6.45, 7) is 8.39. The molecule has 0 aliphatic carbocycles. The number of aromatic nitrogens is 3. The van der Waals surface area contributed by atoms with Crippen LogP contribution < -0.4 is 0 Å². The number of carbonyl (C=O) groups is 1. The molecule has 0 saturated heterocycles. The smallest absolute Gasteiger partial charge is 0.195 e. The molecule has 0 saturated carbocycles. The summed E-state index contributed by atoms with van der Waals surface area (Å²) < 4.78 is 4.17. The summed E-state index contributed by atoms with van der Waals surface area (Å²) in [6.07, 6.45) is 7.71. The van der Waals surface area contributed by atoms with Gasteiger partial charge in [-0.3, -0.25) is 4.79 Å². The topological polar surface area (TPSA) is 44.2 Å². The number of carbonyl (C=O) groups excluding carboxylic acids is 1.